The van der Waals surface area contributed by atoms with Gasteiger partial charge in [-0.3, -0.25) is 9.78 Å². The molecule has 1 fully saturated rings. The van der Waals surface area contributed by atoms with Crippen molar-refractivity contribution in [3.8, 4) is 17.0 Å². The largest absolute Gasteiger partial charge is 0.507 e. The lowest BCUT2D eigenvalue weighted by Crippen LogP contribution is -2.40. The van der Waals surface area contributed by atoms with Crippen LogP contribution in [0.25, 0.3) is 22.2 Å². The number of aromatic nitrogens is 1. The molecular weight excluding hydrogens is 471 g/mol. The fraction of sp³-hybridized carbons (Fsp3) is 0.231. The molecule has 7 nitrogen and oxygen atoms in total. The van der Waals surface area contributed by atoms with Crippen LogP contribution in [0.3, 0.4) is 0 Å². The first-order valence-electron chi connectivity index (χ1n) is 11.3. The summed E-state index contributed by atoms with van der Waals surface area (Å²) in [5.74, 6) is -0.541. The van der Waals surface area contributed by atoms with Gasteiger partial charge in [0.1, 0.15) is 17.1 Å². The van der Waals surface area contributed by atoms with Crippen LogP contribution in [0.15, 0.2) is 76.4 Å². The average molecular weight is 495 g/mol. The summed E-state index contributed by atoms with van der Waals surface area (Å²) in [7, 11) is -4.05. The monoisotopic (exact) mass is 494 g/mol. The minimum Gasteiger partial charge on any atom is -0.507 e. The number of hydrogen-bond donors (Lipinski definition) is 1. The van der Waals surface area contributed by atoms with Crippen molar-refractivity contribution in [2.75, 3.05) is 6.54 Å². The highest BCUT2D eigenvalue weighted by Gasteiger charge is 2.40. The summed E-state index contributed by atoms with van der Waals surface area (Å²) < 4.78 is 46.7. The van der Waals surface area contributed by atoms with Crippen LogP contribution >= 0.6 is 0 Å². The molecule has 1 atom stereocenters. The van der Waals surface area contributed by atoms with Crippen LogP contribution in [0.2, 0.25) is 0 Å². The van der Waals surface area contributed by atoms with E-state index in [1.807, 2.05) is 6.07 Å². The number of phenolic OH excluding ortho intramolecular Hbond substituents is 1. The molecule has 0 bridgehead atoms. The molecule has 1 saturated heterocycles. The first-order valence-corrected chi connectivity index (χ1v) is 12.7. The van der Waals surface area contributed by atoms with Crippen molar-refractivity contribution in [3.63, 3.8) is 0 Å². The van der Waals surface area contributed by atoms with E-state index < -0.39 is 21.9 Å². The van der Waals surface area contributed by atoms with Gasteiger partial charge in [0.15, 0.2) is 5.78 Å². The topological polar surface area (TPSA) is 101 Å². The molecule has 9 heteroatoms. The number of nitrogens with zero attached hydrogens (tertiary/aromatic N) is 2. The number of para-hydroxylation sites is 1. The van der Waals surface area contributed by atoms with Crippen molar-refractivity contribution in [3.05, 3.63) is 78.2 Å². The van der Waals surface area contributed by atoms with Crippen LogP contribution < -0.4 is 0 Å². The highest BCUT2D eigenvalue weighted by Crippen LogP contribution is 2.32. The summed E-state index contributed by atoms with van der Waals surface area (Å²) in [4.78, 5) is 17.4. The van der Waals surface area contributed by atoms with E-state index in [1.54, 1.807) is 36.5 Å². The fourth-order valence-corrected chi connectivity index (χ4v) is 6.11. The van der Waals surface area contributed by atoms with Crippen LogP contribution in [0.1, 0.15) is 24.8 Å². The van der Waals surface area contributed by atoms with Gasteiger partial charge in [-0.15, -0.1) is 0 Å². The lowest BCUT2D eigenvalue weighted by molar-refractivity contribution is -0.122. The van der Waals surface area contributed by atoms with Gasteiger partial charge in [0.05, 0.1) is 11.7 Å². The lowest BCUT2D eigenvalue weighted by atomic mass is 10.0. The fourth-order valence-electron chi connectivity index (χ4n) is 4.48. The molecule has 5 rings (SSSR count). The Morgan fingerprint density at radius 2 is 1.97 bits per heavy atom. The molecule has 35 heavy (non-hydrogen) atoms. The summed E-state index contributed by atoms with van der Waals surface area (Å²) in [5.41, 5.74) is 2.32. The van der Waals surface area contributed by atoms with E-state index in [0.29, 0.717) is 35.9 Å². The minimum absolute atomic E-state index is 0.119. The first kappa shape index (κ1) is 23.2. The third kappa shape index (κ3) is 4.56. The number of aromatic hydroxyl groups is 1. The van der Waals surface area contributed by atoms with E-state index in [2.05, 4.69) is 4.98 Å². The zero-order valence-corrected chi connectivity index (χ0v) is 19.5. The van der Waals surface area contributed by atoms with E-state index in [1.165, 1.54) is 28.6 Å². The van der Waals surface area contributed by atoms with E-state index in [4.69, 9.17) is 4.42 Å². The molecule has 0 radical (unpaired) electrons. The number of fused-ring (bicyclic) bond motifs is 1. The highest BCUT2D eigenvalue weighted by molar-refractivity contribution is 7.89. The smallest absolute Gasteiger partial charge is 0.277 e. The number of Topliss-reactive ketones (excluding diaryl/α,β-unsaturated/α-hetero) is 1. The maximum absolute atomic E-state index is 13.5. The van der Waals surface area contributed by atoms with Crippen LogP contribution in [0, 0.1) is 5.82 Å². The van der Waals surface area contributed by atoms with Gasteiger partial charge in [-0.25, -0.2) is 12.8 Å². The zero-order valence-electron chi connectivity index (χ0n) is 18.7. The van der Waals surface area contributed by atoms with Gasteiger partial charge in [-0.1, -0.05) is 12.1 Å². The molecule has 0 amide bonds. The summed E-state index contributed by atoms with van der Waals surface area (Å²) in [5, 5.41) is 10.2. The summed E-state index contributed by atoms with van der Waals surface area (Å²) in [6, 6.07) is 14.8. The number of carbonyl (C=O) groups is 1. The Hall–Kier alpha value is -3.56. The first-order chi connectivity index (χ1) is 16.8. The lowest BCUT2D eigenvalue weighted by Gasteiger charge is -2.21. The van der Waals surface area contributed by atoms with Gasteiger partial charge < -0.3 is 9.52 Å². The van der Waals surface area contributed by atoms with Crippen LogP contribution in [0.5, 0.6) is 5.75 Å². The second kappa shape index (κ2) is 9.24. The summed E-state index contributed by atoms with van der Waals surface area (Å²) in [6.45, 7) is 0.219. The number of halogens is 1. The Bertz CT molecular complexity index is 1520. The number of carbonyl (C=O) groups excluding carboxylic acids is 1. The van der Waals surface area contributed by atoms with E-state index in [9.17, 15) is 22.7 Å². The normalized spacial score (nSPS) is 16.7. The second-order valence-corrected chi connectivity index (χ2v) is 10.4. The zero-order chi connectivity index (χ0) is 24.6. The van der Waals surface area contributed by atoms with Gasteiger partial charge in [0.2, 0.25) is 5.09 Å². The van der Waals surface area contributed by atoms with Gasteiger partial charge in [-0.2, -0.15) is 4.31 Å². The molecule has 1 aliphatic heterocycles. The van der Waals surface area contributed by atoms with Crippen molar-refractivity contribution in [1.82, 2.24) is 9.29 Å². The van der Waals surface area contributed by atoms with E-state index >= 15 is 0 Å². The van der Waals surface area contributed by atoms with E-state index in [-0.39, 0.29) is 35.2 Å². The quantitative estimate of drug-likeness (QED) is 0.400. The van der Waals surface area contributed by atoms with E-state index in [0.717, 1.165) is 5.56 Å². The Morgan fingerprint density at radius 1 is 1.14 bits per heavy atom. The van der Waals surface area contributed by atoms with Crippen molar-refractivity contribution in [2.45, 2.75) is 36.8 Å². The van der Waals surface area contributed by atoms with Gasteiger partial charge >= 0.3 is 0 Å². The third-order valence-corrected chi connectivity index (χ3v) is 8.02. The number of aryl methyl sites for hydroxylation is 1. The molecule has 1 unspecified atom stereocenters. The molecule has 4 aromatic rings. The van der Waals surface area contributed by atoms with Crippen LogP contribution in [0.4, 0.5) is 4.39 Å². The van der Waals surface area contributed by atoms with Gasteiger partial charge in [-0.05, 0) is 67.3 Å². The molecule has 1 N–H and O–H groups in total. The molecule has 180 valence electrons. The number of rotatable bonds is 7. The standard InChI is InChI=1S/C26H23FN2O5S/c27-19-8-10-25-18(15-19)16-26(34-25)35(32,33)29-13-3-5-22(29)24(31)9-7-17-11-12-28-21(14-17)20-4-1-2-6-23(20)30/h1-2,4,6,8,10-12,14-16,22,30H,3,5,7,9,13H2. The number of furan rings is 1. The molecule has 3 heterocycles. The highest BCUT2D eigenvalue weighted by atomic mass is 32.2. The number of pyridine rings is 1. The predicted octanol–water partition coefficient (Wildman–Crippen LogP) is 4.69. The summed E-state index contributed by atoms with van der Waals surface area (Å²) >= 11 is 0. The maximum atomic E-state index is 13.5. The van der Waals surface area contributed by atoms with Crippen LogP contribution in [-0.2, 0) is 21.2 Å². The summed E-state index contributed by atoms with van der Waals surface area (Å²) in [6.07, 6.45) is 3.20. The third-order valence-electron chi connectivity index (χ3n) is 6.26. The SMILES string of the molecule is O=C(CCc1ccnc(-c2ccccc2O)c1)C1CCCN1S(=O)(=O)c1cc2cc(F)ccc2o1. The number of benzene rings is 2. The van der Waals surface area contributed by atoms with Crippen molar-refractivity contribution in [1.29, 1.82) is 0 Å². The average Bonchev–Trinajstić information content (AvgIpc) is 3.51. The maximum Gasteiger partial charge on any atom is 0.277 e. The Morgan fingerprint density at radius 3 is 2.80 bits per heavy atom. The number of sulfonamides is 1. The molecule has 0 saturated carbocycles. The van der Waals surface area contributed by atoms with Gasteiger partial charge in [0.25, 0.3) is 10.0 Å². The number of hydrogen-bond acceptors (Lipinski definition) is 6. The Balaban J connectivity index is 1.31. The molecule has 0 spiro atoms. The molecule has 2 aromatic carbocycles. The number of phenols is 1. The molecule has 0 aliphatic carbocycles. The van der Waals surface area contributed by atoms with Crippen molar-refractivity contribution >= 4 is 26.8 Å². The number of ketones is 1. The Kier molecular flexibility index (Phi) is 6.12. The predicted molar refractivity (Wildman–Crippen MR) is 128 cm³/mol. The van der Waals surface area contributed by atoms with Crippen molar-refractivity contribution in [2.24, 2.45) is 0 Å². The van der Waals surface area contributed by atoms with Gasteiger partial charge in [0, 0.05) is 36.2 Å². The van der Waals surface area contributed by atoms with Crippen LogP contribution in [-0.4, -0.2) is 41.2 Å². The Labute approximate surface area is 201 Å². The second-order valence-electron chi connectivity index (χ2n) is 8.55. The molecule has 1 aliphatic rings. The van der Waals surface area contributed by atoms with Crippen molar-refractivity contribution < 1.29 is 27.1 Å². The minimum atomic E-state index is -4.05. The molecule has 2 aromatic heterocycles. The molecular formula is C26H23FN2O5S.